The lowest BCUT2D eigenvalue weighted by molar-refractivity contribution is -0.144. The zero-order valence-electron chi connectivity index (χ0n) is 12.3. The van der Waals surface area contributed by atoms with Crippen molar-refractivity contribution in [3.05, 3.63) is 17.0 Å². The van der Waals surface area contributed by atoms with E-state index in [1.54, 1.807) is 0 Å². The molecular formula is C15H23N3O2. The van der Waals surface area contributed by atoms with Crippen LogP contribution in [0.3, 0.4) is 0 Å². The second-order valence-electron chi connectivity index (χ2n) is 5.95. The van der Waals surface area contributed by atoms with Gasteiger partial charge in [0, 0.05) is 23.7 Å². The Morgan fingerprint density at radius 3 is 2.75 bits per heavy atom. The number of H-pyrrole nitrogens is 1. The number of ether oxygens (including phenoxy) is 1. The van der Waals surface area contributed by atoms with Gasteiger partial charge in [0.2, 0.25) is 5.91 Å². The normalized spacial score (nSPS) is 24.3. The molecule has 0 bridgehead atoms. The molecule has 1 amide bonds. The first-order valence-corrected chi connectivity index (χ1v) is 7.58. The summed E-state index contributed by atoms with van der Waals surface area (Å²) in [6, 6.07) is 0.0237. The first-order chi connectivity index (χ1) is 9.68. The van der Waals surface area contributed by atoms with E-state index in [0.717, 1.165) is 29.8 Å². The summed E-state index contributed by atoms with van der Waals surface area (Å²) >= 11 is 0. The first kappa shape index (κ1) is 13.6. The van der Waals surface area contributed by atoms with E-state index in [2.05, 4.69) is 10.2 Å². The maximum atomic E-state index is 12.8. The Labute approximate surface area is 119 Å². The predicted molar refractivity (Wildman–Crippen MR) is 75.3 cm³/mol. The minimum absolute atomic E-state index is 0.0237. The van der Waals surface area contributed by atoms with Crippen LogP contribution in [0.1, 0.15) is 48.7 Å². The summed E-state index contributed by atoms with van der Waals surface area (Å²) < 4.78 is 5.62. The standard InChI is InChI=1S/C15H23N3O2/c1-10-14(11(2)17-16-10)13-9-20-8-7-18(13)15(19)12-5-3-4-6-12/h12-13H,3-9H2,1-2H3,(H,16,17). The Hall–Kier alpha value is -1.36. The second-order valence-corrected chi connectivity index (χ2v) is 5.95. The van der Waals surface area contributed by atoms with E-state index in [-0.39, 0.29) is 12.0 Å². The molecule has 1 N–H and O–H groups in total. The van der Waals surface area contributed by atoms with Crippen LogP contribution in [0.15, 0.2) is 0 Å². The third-order valence-electron chi connectivity index (χ3n) is 4.63. The number of carbonyl (C=O) groups excluding carboxylic acids is 1. The Morgan fingerprint density at radius 1 is 1.35 bits per heavy atom. The summed E-state index contributed by atoms with van der Waals surface area (Å²) in [6.45, 7) is 5.93. The summed E-state index contributed by atoms with van der Waals surface area (Å²) in [7, 11) is 0. The average Bonchev–Trinajstić information content (AvgIpc) is 3.09. The van der Waals surface area contributed by atoms with E-state index in [9.17, 15) is 4.79 Å². The average molecular weight is 277 g/mol. The quantitative estimate of drug-likeness (QED) is 0.900. The number of amides is 1. The molecule has 2 aliphatic rings. The Kier molecular flexibility index (Phi) is 3.78. The molecule has 1 aromatic rings. The zero-order valence-corrected chi connectivity index (χ0v) is 12.3. The van der Waals surface area contributed by atoms with Crippen molar-refractivity contribution in [3.8, 4) is 0 Å². The number of morpholine rings is 1. The fraction of sp³-hybridized carbons (Fsp3) is 0.733. The summed E-state index contributed by atoms with van der Waals surface area (Å²) in [4.78, 5) is 14.8. The number of nitrogens with one attached hydrogen (secondary N) is 1. The van der Waals surface area contributed by atoms with E-state index in [4.69, 9.17) is 4.74 Å². The van der Waals surface area contributed by atoms with Crippen molar-refractivity contribution in [2.24, 2.45) is 5.92 Å². The van der Waals surface area contributed by atoms with Crippen molar-refractivity contribution in [1.29, 1.82) is 0 Å². The van der Waals surface area contributed by atoms with Gasteiger partial charge in [-0.25, -0.2) is 0 Å². The van der Waals surface area contributed by atoms with E-state index >= 15 is 0 Å². The van der Waals surface area contributed by atoms with Gasteiger partial charge in [-0.2, -0.15) is 5.10 Å². The number of hydrogen-bond acceptors (Lipinski definition) is 3. The monoisotopic (exact) mass is 277 g/mol. The molecule has 0 aromatic carbocycles. The molecule has 5 nitrogen and oxygen atoms in total. The zero-order chi connectivity index (χ0) is 14.1. The lowest BCUT2D eigenvalue weighted by Gasteiger charge is -2.37. The largest absolute Gasteiger partial charge is 0.377 e. The Morgan fingerprint density at radius 2 is 2.10 bits per heavy atom. The van der Waals surface area contributed by atoms with Gasteiger partial charge in [-0.05, 0) is 26.7 Å². The summed E-state index contributed by atoms with van der Waals surface area (Å²) in [5.41, 5.74) is 3.15. The Balaban J connectivity index is 1.85. The summed E-state index contributed by atoms with van der Waals surface area (Å²) in [5.74, 6) is 0.541. The number of aromatic amines is 1. The van der Waals surface area contributed by atoms with E-state index in [1.165, 1.54) is 12.8 Å². The minimum atomic E-state index is 0.0237. The van der Waals surface area contributed by atoms with Crippen molar-refractivity contribution in [3.63, 3.8) is 0 Å². The highest BCUT2D eigenvalue weighted by Crippen LogP contribution is 2.33. The van der Waals surface area contributed by atoms with Crippen LogP contribution in [-0.2, 0) is 9.53 Å². The van der Waals surface area contributed by atoms with Crippen LogP contribution in [-0.4, -0.2) is 40.8 Å². The van der Waals surface area contributed by atoms with E-state index in [1.807, 2.05) is 18.7 Å². The molecule has 1 aliphatic heterocycles. The van der Waals surface area contributed by atoms with Crippen molar-refractivity contribution >= 4 is 5.91 Å². The predicted octanol–water partition coefficient (Wildman–Crippen LogP) is 2.12. The van der Waals surface area contributed by atoms with Crippen LogP contribution >= 0.6 is 0 Å². The molecule has 1 unspecified atom stereocenters. The molecule has 1 saturated carbocycles. The fourth-order valence-electron chi connectivity index (χ4n) is 3.56. The molecule has 1 aromatic heterocycles. The number of hydrogen-bond donors (Lipinski definition) is 1. The van der Waals surface area contributed by atoms with Crippen molar-refractivity contribution < 1.29 is 9.53 Å². The maximum Gasteiger partial charge on any atom is 0.226 e. The fourth-order valence-corrected chi connectivity index (χ4v) is 3.56. The van der Waals surface area contributed by atoms with Crippen molar-refractivity contribution in [2.75, 3.05) is 19.8 Å². The Bertz CT molecular complexity index is 472. The molecule has 0 radical (unpaired) electrons. The number of nitrogens with zero attached hydrogens (tertiary/aromatic N) is 2. The SMILES string of the molecule is Cc1n[nH]c(C)c1C1COCCN1C(=O)C1CCCC1. The van der Waals surface area contributed by atoms with Crippen LogP contribution in [0, 0.1) is 19.8 Å². The highest BCUT2D eigenvalue weighted by atomic mass is 16.5. The molecule has 5 heteroatoms. The summed E-state index contributed by atoms with van der Waals surface area (Å²) in [5, 5.41) is 7.28. The van der Waals surface area contributed by atoms with Crippen LogP contribution in [0.4, 0.5) is 0 Å². The number of aryl methyl sites for hydroxylation is 2. The van der Waals surface area contributed by atoms with Gasteiger partial charge in [-0.15, -0.1) is 0 Å². The highest BCUT2D eigenvalue weighted by Gasteiger charge is 2.35. The molecule has 1 saturated heterocycles. The van der Waals surface area contributed by atoms with Crippen molar-refractivity contribution in [1.82, 2.24) is 15.1 Å². The van der Waals surface area contributed by atoms with E-state index < -0.39 is 0 Å². The lowest BCUT2D eigenvalue weighted by Crippen LogP contribution is -2.45. The van der Waals surface area contributed by atoms with Gasteiger partial charge in [0.15, 0.2) is 0 Å². The molecule has 110 valence electrons. The van der Waals surface area contributed by atoms with Gasteiger partial charge in [0.25, 0.3) is 0 Å². The van der Waals surface area contributed by atoms with Gasteiger partial charge in [0.1, 0.15) is 0 Å². The van der Waals surface area contributed by atoms with Gasteiger partial charge >= 0.3 is 0 Å². The minimum Gasteiger partial charge on any atom is -0.377 e. The smallest absolute Gasteiger partial charge is 0.226 e. The first-order valence-electron chi connectivity index (χ1n) is 7.58. The molecular weight excluding hydrogens is 254 g/mol. The van der Waals surface area contributed by atoms with Crippen LogP contribution in [0.25, 0.3) is 0 Å². The number of carbonyl (C=O) groups is 1. The van der Waals surface area contributed by atoms with Gasteiger partial charge in [0.05, 0.1) is 24.9 Å². The van der Waals surface area contributed by atoms with E-state index in [0.29, 0.717) is 25.7 Å². The third-order valence-corrected chi connectivity index (χ3v) is 4.63. The van der Waals surface area contributed by atoms with Crippen LogP contribution < -0.4 is 0 Å². The molecule has 2 fully saturated rings. The van der Waals surface area contributed by atoms with Crippen LogP contribution in [0.2, 0.25) is 0 Å². The maximum absolute atomic E-state index is 12.8. The van der Waals surface area contributed by atoms with Crippen LogP contribution in [0.5, 0.6) is 0 Å². The summed E-state index contributed by atoms with van der Waals surface area (Å²) in [6.07, 6.45) is 4.48. The third kappa shape index (κ3) is 2.35. The highest BCUT2D eigenvalue weighted by molar-refractivity contribution is 5.79. The van der Waals surface area contributed by atoms with Gasteiger partial charge < -0.3 is 9.64 Å². The second kappa shape index (κ2) is 5.56. The molecule has 3 rings (SSSR count). The molecule has 2 heterocycles. The lowest BCUT2D eigenvalue weighted by atomic mass is 9.99. The van der Waals surface area contributed by atoms with Gasteiger partial charge in [-0.1, -0.05) is 12.8 Å². The number of rotatable bonds is 2. The molecule has 1 aliphatic carbocycles. The van der Waals surface area contributed by atoms with Crippen molar-refractivity contribution in [2.45, 2.75) is 45.6 Å². The molecule has 1 atom stereocenters. The topological polar surface area (TPSA) is 58.2 Å². The molecule has 20 heavy (non-hydrogen) atoms. The molecule has 0 spiro atoms. The number of aromatic nitrogens is 2. The van der Waals surface area contributed by atoms with Gasteiger partial charge in [-0.3, -0.25) is 9.89 Å².